The van der Waals surface area contributed by atoms with Gasteiger partial charge in [-0.05, 0) is 6.42 Å². The molecular formula is C8H11F4O5S-. The molecule has 0 rings (SSSR count). The Morgan fingerprint density at radius 2 is 1.78 bits per heavy atom. The van der Waals surface area contributed by atoms with Crippen molar-refractivity contribution >= 4 is 16.1 Å². The van der Waals surface area contributed by atoms with Gasteiger partial charge in [0.2, 0.25) is 0 Å². The minimum Gasteiger partial charge on any atom is -0.743 e. The number of alkyl halides is 4. The molecule has 1 unspecified atom stereocenters. The summed E-state index contributed by atoms with van der Waals surface area (Å²) >= 11 is 0. The molecule has 10 heteroatoms. The first-order valence-corrected chi connectivity index (χ1v) is 6.15. The molecule has 0 saturated heterocycles. The fraction of sp³-hybridized carbons (Fsp3) is 0.875. The summed E-state index contributed by atoms with van der Waals surface area (Å²) in [5, 5.41) is -5.84. The molecule has 0 spiro atoms. The molecule has 0 amide bonds. The Morgan fingerprint density at radius 3 is 2.11 bits per heavy atom. The maximum atomic E-state index is 12.8. The molecule has 0 aliphatic carbocycles. The topological polar surface area (TPSA) is 83.5 Å². The van der Waals surface area contributed by atoms with Gasteiger partial charge in [0.1, 0.15) is 0 Å². The molecule has 1 atom stereocenters. The highest BCUT2D eigenvalue weighted by molar-refractivity contribution is 7.86. The van der Waals surface area contributed by atoms with Crippen molar-refractivity contribution in [3.8, 4) is 0 Å². The molecular weight excluding hydrogens is 284 g/mol. The normalized spacial score (nSPS) is 15.3. The second-order valence-electron chi connectivity index (χ2n) is 3.59. The van der Waals surface area contributed by atoms with Crippen LogP contribution in [0.25, 0.3) is 0 Å². The van der Waals surface area contributed by atoms with Crippen LogP contribution in [0.1, 0.15) is 20.3 Å². The summed E-state index contributed by atoms with van der Waals surface area (Å²) in [7, 11) is -6.56. The molecule has 0 N–H and O–H groups in total. The van der Waals surface area contributed by atoms with E-state index >= 15 is 0 Å². The van der Waals surface area contributed by atoms with Gasteiger partial charge in [0.05, 0.1) is 5.92 Å². The van der Waals surface area contributed by atoms with Gasteiger partial charge in [-0.2, -0.15) is 17.6 Å². The second-order valence-corrected chi connectivity index (χ2v) is 5.01. The summed E-state index contributed by atoms with van der Waals surface area (Å²) in [6, 6.07) is 0. The average Bonchev–Trinajstić information content (AvgIpc) is 2.22. The van der Waals surface area contributed by atoms with Crippen LogP contribution >= 0.6 is 0 Å². The largest absolute Gasteiger partial charge is 0.743 e. The third kappa shape index (κ3) is 3.55. The second kappa shape index (κ2) is 5.39. The zero-order chi connectivity index (χ0) is 14.8. The Balaban J connectivity index is 4.83. The van der Waals surface area contributed by atoms with E-state index in [9.17, 15) is 35.3 Å². The summed E-state index contributed by atoms with van der Waals surface area (Å²) < 4.78 is 84.7. The van der Waals surface area contributed by atoms with Crippen LogP contribution in [0.15, 0.2) is 0 Å². The zero-order valence-electron chi connectivity index (χ0n) is 9.45. The molecule has 0 saturated carbocycles. The summed E-state index contributed by atoms with van der Waals surface area (Å²) in [6.45, 7) is 0.661. The molecule has 0 fully saturated rings. The Kier molecular flexibility index (Phi) is 5.12. The summed E-state index contributed by atoms with van der Waals surface area (Å²) in [5.74, 6) is -7.27. The van der Waals surface area contributed by atoms with Crippen molar-refractivity contribution in [2.75, 3.05) is 6.61 Å². The van der Waals surface area contributed by atoms with Crippen molar-refractivity contribution in [2.45, 2.75) is 31.4 Å². The Labute approximate surface area is 101 Å². The van der Waals surface area contributed by atoms with Crippen molar-refractivity contribution in [1.82, 2.24) is 0 Å². The minimum absolute atomic E-state index is 0.223. The number of carbonyl (C=O) groups excluding carboxylic acids is 1. The number of carbonyl (C=O) groups is 1. The van der Waals surface area contributed by atoms with Gasteiger partial charge in [0.25, 0.3) is 0 Å². The molecule has 108 valence electrons. The summed E-state index contributed by atoms with van der Waals surface area (Å²) in [4.78, 5) is 11.0. The van der Waals surface area contributed by atoms with Gasteiger partial charge < -0.3 is 9.29 Å². The monoisotopic (exact) mass is 295 g/mol. The molecule has 0 aliphatic heterocycles. The lowest BCUT2D eigenvalue weighted by molar-refractivity contribution is -0.198. The first kappa shape index (κ1) is 17.1. The van der Waals surface area contributed by atoms with E-state index in [1.165, 1.54) is 13.8 Å². The fourth-order valence-corrected chi connectivity index (χ4v) is 1.16. The first-order valence-electron chi connectivity index (χ1n) is 4.74. The van der Waals surface area contributed by atoms with Gasteiger partial charge in [0, 0.05) is 0 Å². The van der Waals surface area contributed by atoms with Crippen molar-refractivity contribution in [3.05, 3.63) is 0 Å². The third-order valence-electron chi connectivity index (χ3n) is 2.15. The van der Waals surface area contributed by atoms with E-state index in [4.69, 9.17) is 0 Å². The lowest BCUT2D eigenvalue weighted by Crippen LogP contribution is -2.50. The molecule has 0 aromatic carbocycles. The maximum Gasteiger partial charge on any atom is 0.399 e. The van der Waals surface area contributed by atoms with Crippen LogP contribution in [-0.4, -0.2) is 36.7 Å². The van der Waals surface area contributed by atoms with Gasteiger partial charge in [-0.1, -0.05) is 13.8 Å². The highest BCUT2D eigenvalue weighted by Crippen LogP contribution is 2.38. The highest BCUT2D eigenvalue weighted by atomic mass is 32.2. The van der Waals surface area contributed by atoms with E-state index in [1.807, 2.05) is 0 Å². The fourth-order valence-electron chi connectivity index (χ4n) is 0.738. The number of esters is 1. The van der Waals surface area contributed by atoms with Crippen molar-refractivity contribution in [2.24, 2.45) is 5.92 Å². The molecule has 0 bridgehead atoms. The lowest BCUT2D eigenvalue weighted by Gasteiger charge is -2.28. The van der Waals surface area contributed by atoms with Crippen LogP contribution in [0.4, 0.5) is 17.6 Å². The van der Waals surface area contributed by atoms with E-state index in [2.05, 4.69) is 4.74 Å². The molecule has 0 aliphatic rings. The van der Waals surface area contributed by atoms with Gasteiger partial charge >= 0.3 is 17.1 Å². The summed E-state index contributed by atoms with van der Waals surface area (Å²) in [5.41, 5.74) is 0. The Morgan fingerprint density at radius 1 is 1.33 bits per heavy atom. The van der Waals surface area contributed by atoms with E-state index < -0.39 is 39.8 Å². The van der Waals surface area contributed by atoms with Crippen molar-refractivity contribution in [1.29, 1.82) is 0 Å². The quantitative estimate of drug-likeness (QED) is 0.419. The average molecular weight is 295 g/mol. The third-order valence-corrected chi connectivity index (χ3v) is 3.08. The zero-order valence-corrected chi connectivity index (χ0v) is 10.3. The molecule has 18 heavy (non-hydrogen) atoms. The molecule has 0 aromatic rings. The van der Waals surface area contributed by atoms with E-state index in [1.54, 1.807) is 0 Å². The summed E-state index contributed by atoms with van der Waals surface area (Å²) in [6.07, 6.45) is 0.223. The molecule has 5 nitrogen and oxygen atoms in total. The van der Waals surface area contributed by atoms with Crippen LogP contribution < -0.4 is 0 Å². The van der Waals surface area contributed by atoms with Gasteiger partial charge in [-0.15, -0.1) is 0 Å². The van der Waals surface area contributed by atoms with E-state index in [0.29, 0.717) is 0 Å². The van der Waals surface area contributed by atoms with E-state index in [-0.39, 0.29) is 6.42 Å². The number of halogens is 4. The molecule has 0 heterocycles. The van der Waals surface area contributed by atoms with E-state index in [0.717, 1.165) is 0 Å². The van der Waals surface area contributed by atoms with Crippen LogP contribution in [0, 0.1) is 5.92 Å². The first-order chi connectivity index (χ1) is 7.87. The van der Waals surface area contributed by atoms with Crippen LogP contribution in [0.5, 0.6) is 0 Å². The lowest BCUT2D eigenvalue weighted by atomic mass is 10.1. The number of rotatable bonds is 6. The standard InChI is InChI=1S/C8H12F4O5S/c1-3-5(2)6(13)17-4-7(9,10)8(11,12)18(14,15)16/h5H,3-4H2,1-2H3,(H,14,15,16)/p-1. The minimum atomic E-state index is -6.56. The molecule has 0 radical (unpaired) electrons. The predicted molar refractivity (Wildman–Crippen MR) is 50.0 cm³/mol. The SMILES string of the molecule is CCC(C)C(=O)OCC(F)(F)C(F)(F)S(=O)(=O)[O-]. The van der Waals surface area contributed by atoms with Crippen LogP contribution in [-0.2, 0) is 19.6 Å². The predicted octanol–water partition coefficient (Wildman–Crippen LogP) is 1.35. The Bertz CT molecular complexity index is 406. The van der Waals surface area contributed by atoms with Gasteiger partial charge in [0.15, 0.2) is 16.7 Å². The Hall–Kier alpha value is -0.900. The van der Waals surface area contributed by atoms with Crippen LogP contribution in [0.2, 0.25) is 0 Å². The highest BCUT2D eigenvalue weighted by Gasteiger charge is 2.62. The molecule has 0 aromatic heterocycles. The number of hydrogen-bond donors (Lipinski definition) is 0. The van der Waals surface area contributed by atoms with Crippen molar-refractivity contribution < 1.29 is 40.1 Å². The van der Waals surface area contributed by atoms with Crippen LogP contribution in [0.3, 0.4) is 0 Å². The number of hydrogen-bond acceptors (Lipinski definition) is 5. The van der Waals surface area contributed by atoms with Gasteiger partial charge in [-0.25, -0.2) is 8.42 Å². The maximum absolute atomic E-state index is 12.8. The van der Waals surface area contributed by atoms with Crippen molar-refractivity contribution in [3.63, 3.8) is 0 Å². The van der Waals surface area contributed by atoms with Gasteiger partial charge in [-0.3, -0.25) is 4.79 Å². The number of ether oxygens (including phenoxy) is 1. The smallest absolute Gasteiger partial charge is 0.399 e.